The zero-order valence-corrected chi connectivity index (χ0v) is 12.4. The molecule has 0 aliphatic rings. The molecule has 0 aromatic heterocycles. The number of halogens is 1. The Kier molecular flexibility index (Phi) is 4.80. The molecule has 0 spiro atoms. The van der Waals surface area contributed by atoms with E-state index >= 15 is 0 Å². The van der Waals surface area contributed by atoms with Crippen molar-refractivity contribution in [3.05, 3.63) is 58.6 Å². The van der Waals surface area contributed by atoms with Crippen LogP contribution in [0.15, 0.2) is 47.5 Å². The molecule has 0 fully saturated rings. The Balaban J connectivity index is 2.34. The largest absolute Gasteiger partial charge is 0.507 e. The number of hydrogen-bond acceptors (Lipinski definition) is 2. The molecule has 1 N–H and O–H groups in total. The number of para-hydroxylation sites is 1. The van der Waals surface area contributed by atoms with Crippen LogP contribution in [0.4, 0.5) is 5.69 Å². The monoisotopic (exact) mass is 287 g/mol. The van der Waals surface area contributed by atoms with Crippen molar-refractivity contribution >= 4 is 23.5 Å². The molecule has 0 saturated heterocycles. The minimum Gasteiger partial charge on any atom is -0.507 e. The molecule has 0 aliphatic carbocycles. The molecule has 2 aromatic carbocycles. The Morgan fingerprint density at radius 2 is 2.00 bits per heavy atom. The van der Waals surface area contributed by atoms with Crippen molar-refractivity contribution in [1.29, 1.82) is 0 Å². The standard InChI is InChI=1S/C17H18ClNO/c1-3-12(2)15-6-4-5-7-16(15)19-11-13-10-14(18)8-9-17(13)20/h4-12,20H,3H2,1-2H3/t12-/m1/s1. The van der Waals surface area contributed by atoms with E-state index in [-0.39, 0.29) is 5.75 Å². The highest BCUT2D eigenvalue weighted by Gasteiger charge is 2.07. The Labute approximate surface area is 124 Å². The predicted octanol–water partition coefficient (Wildman–Crippen LogP) is 5.31. The van der Waals surface area contributed by atoms with Gasteiger partial charge >= 0.3 is 0 Å². The van der Waals surface area contributed by atoms with Gasteiger partial charge in [0.15, 0.2) is 0 Å². The van der Waals surface area contributed by atoms with Crippen molar-refractivity contribution in [2.45, 2.75) is 26.2 Å². The minimum atomic E-state index is 0.180. The quantitative estimate of drug-likeness (QED) is 0.759. The lowest BCUT2D eigenvalue weighted by atomic mass is 9.97. The average Bonchev–Trinajstić information content (AvgIpc) is 2.47. The number of phenols is 1. The molecule has 0 amide bonds. The molecule has 2 aromatic rings. The molecule has 0 bridgehead atoms. The van der Waals surface area contributed by atoms with E-state index in [4.69, 9.17) is 11.6 Å². The van der Waals surface area contributed by atoms with Crippen molar-refractivity contribution in [2.75, 3.05) is 0 Å². The molecule has 3 heteroatoms. The predicted molar refractivity (Wildman–Crippen MR) is 85.5 cm³/mol. The normalized spacial score (nSPS) is 12.8. The Bertz CT molecular complexity index is 622. The second kappa shape index (κ2) is 6.58. The maximum absolute atomic E-state index is 9.79. The topological polar surface area (TPSA) is 32.6 Å². The van der Waals surface area contributed by atoms with Crippen LogP contribution < -0.4 is 0 Å². The number of hydrogen-bond donors (Lipinski definition) is 1. The Morgan fingerprint density at radius 1 is 1.25 bits per heavy atom. The summed E-state index contributed by atoms with van der Waals surface area (Å²) in [5.74, 6) is 0.635. The van der Waals surface area contributed by atoms with Crippen molar-refractivity contribution in [3.8, 4) is 5.75 Å². The zero-order valence-electron chi connectivity index (χ0n) is 11.7. The van der Waals surface area contributed by atoms with Gasteiger partial charge in [-0.2, -0.15) is 0 Å². The molecule has 0 aliphatic heterocycles. The fourth-order valence-corrected chi connectivity index (χ4v) is 2.19. The SMILES string of the molecule is CC[C@@H](C)c1ccccc1N=Cc1cc(Cl)ccc1O. The van der Waals surface area contributed by atoms with Crippen molar-refractivity contribution < 1.29 is 5.11 Å². The molecule has 2 rings (SSSR count). The molecule has 0 radical (unpaired) electrons. The number of rotatable bonds is 4. The van der Waals surface area contributed by atoms with Gasteiger partial charge in [-0.1, -0.05) is 43.6 Å². The fourth-order valence-electron chi connectivity index (χ4n) is 2.01. The maximum Gasteiger partial charge on any atom is 0.124 e. The summed E-state index contributed by atoms with van der Waals surface area (Å²) in [5.41, 5.74) is 2.77. The smallest absolute Gasteiger partial charge is 0.124 e. The lowest BCUT2D eigenvalue weighted by molar-refractivity contribution is 0.474. The highest BCUT2D eigenvalue weighted by Crippen LogP contribution is 2.29. The first-order valence-corrected chi connectivity index (χ1v) is 7.11. The van der Waals surface area contributed by atoms with Crippen molar-refractivity contribution in [2.24, 2.45) is 4.99 Å². The van der Waals surface area contributed by atoms with Gasteiger partial charge in [-0.15, -0.1) is 0 Å². The van der Waals surface area contributed by atoms with E-state index in [1.54, 1.807) is 24.4 Å². The summed E-state index contributed by atoms with van der Waals surface area (Å²) in [7, 11) is 0. The van der Waals surface area contributed by atoms with Gasteiger partial charge in [-0.3, -0.25) is 4.99 Å². The first-order chi connectivity index (χ1) is 9.61. The molecule has 2 nitrogen and oxygen atoms in total. The summed E-state index contributed by atoms with van der Waals surface area (Å²) in [6, 6.07) is 13.0. The minimum absolute atomic E-state index is 0.180. The molecule has 20 heavy (non-hydrogen) atoms. The Hall–Kier alpha value is -1.80. The Morgan fingerprint density at radius 3 is 2.75 bits per heavy atom. The van der Waals surface area contributed by atoms with Crippen LogP contribution >= 0.6 is 11.6 Å². The fraction of sp³-hybridized carbons (Fsp3) is 0.235. The number of benzene rings is 2. The summed E-state index contributed by atoms with van der Waals surface area (Å²) in [6.07, 6.45) is 2.72. The van der Waals surface area contributed by atoms with Crippen LogP contribution in [0.3, 0.4) is 0 Å². The number of nitrogens with zero attached hydrogens (tertiary/aromatic N) is 1. The lowest BCUT2D eigenvalue weighted by Gasteiger charge is -2.11. The van der Waals surface area contributed by atoms with E-state index in [9.17, 15) is 5.11 Å². The molecule has 104 valence electrons. The van der Waals surface area contributed by atoms with Crippen LogP contribution in [-0.4, -0.2) is 11.3 Å². The van der Waals surface area contributed by atoms with Gasteiger partial charge in [0.25, 0.3) is 0 Å². The van der Waals surface area contributed by atoms with E-state index in [1.807, 2.05) is 18.2 Å². The van der Waals surface area contributed by atoms with Crippen LogP contribution in [0.2, 0.25) is 5.02 Å². The summed E-state index contributed by atoms with van der Waals surface area (Å²) >= 11 is 5.93. The highest BCUT2D eigenvalue weighted by molar-refractivity contribution is 6.30. The van der Waals surface area contributed by atoms with Crippen LogP contribution in [0.25, 0.3) is 0 Å². The summed E-state index contributed by atoms with van der Waals surface area (Å²) in [4.78, 5) is 4.50. The zero-order chi connectivity index (χ0) is 14.5. The first kappa shape index (κ1) is 14.6. The van der Waals surface area contributed by atoms with Gasteiger partial charge in [-0.25, -0.2) is 0 Å². The molecule has 1 atom stereocenters. The molecule has 0 unspecified atom stereocenters. The van der Waals surface area contributed by atoms with Crippen LogP contribution in [0.5, 0.6) is 5.75 Å². The summed E-state index contributed by atoms with van der Waals surface area (Å²) in [6.45, 7) is 4.35. The second-order valence-corrected chi connectivity index (χ2v) is 5.27. The van der Waals surface area contributed by atoms with Gasteiger partial charge in [0.2, 0.25) is 0 Å². The number of phenolic OH excluding ortho intramolecular Hbond substituents is 1. The molecule has 0 saturated carbocycles. The van der Waals surface area contributed by atoms with Gasteiger partial charge in [0, 0.05) is 16.8 Å². The van der Waals surface area contributed by atoms with Crippen molar-refractivity contribution in [3.63, 3.8) is 0 Å². The third-order valence-electron chi connectivity index (χ3n) is 3.41. The van der Waals surface area contributed by atoms with E-state index in [1.165, 1.54) is 5.56 Å². The third kappa shape index (κ3) is 3.40. The molecular formula is C17H18ClNO. The van der Waals surface area contributed by atoms with Gasteiger partial charge < -0.3 is 5.11 Å². The maximum atomic E-state index is 9.79. The second-order valence-electron chi connectivity index (χ2n) is 4.83. The van der Waals surface area contributed by atoms with E-state index in [0.29, 0.717) is 16.5 Å². The van der Waals surface area contributed by atoms with Crippen molar-refractivity contribution in [1.82, 2.24) is 0 Å². The third-order valence-corrected chi connectivity index (χ3v) is 3.65. The summed E-state index contributed by atoms with van der Waals surface area (Å²) < 4.78 is 0. The summed E-state index contributed by atoms with van der Waals surface area (Å²) in [5, 5.41) is 10.4. The lowest BCUT2D eigenvalue weighted by Crippen LogP contribution is -1.92. The van der Waals surface area contributed by atoms with E-state index < -0.39 is 0 Å². The van der Waals surface area contributed by atoms with Gasteiger partial charge in [0.05, 0.1) is 5.69 Å². The van der Waals surface area contributed by atoms with E-state index in [2.05, 4.69) is 24.9 Å². The molecule has 0 heterocycles. The first-order valence-electron chi connectivity index (χ1n) is 6.73. The van der Waals surface area contributed by atoms with Crippen LogP contribution in [-0.2, 0) is 0 Å². The molecular weight excluding hydrogens is 270 g/mol. The number of aromatic hydroxyl groups is 1. The van der Waals surface area contributed by atoms with Crippen LogP contribution in [0.1, 0.15) is 37.3 Å². The average molecular weight is 288 g/mol. The van der Waals surface area contributed by atoms with E-state index in [0.717, 1.165) is 12.1 Å². The highest BCUT2D eigenvalue weighted by atomic mass is 35.5. The van der Waals surface area contributed by atoms with Gasteiger partial charge in [0.1, 0.15) is 5.75 Å². The number of aliphatic imine (C=N–C) groups is 1. The van der Waals surface area contributed by atoms with Gasteiger partial charge in [-0.05, 0) is 42.2 Å². The van der Waals surface area contributed by atoms with Crippen LogP contribution in [0, 0.1) is 0 Å².